The Kier molecular flexibility index (Phi) is 5.57. The molecule has 0 aliphatic rings. The first kappa shape index (κ1) is 18.7. The Balaban J connectivity index is 1.77. The number of halogens is 1. The van der Waals surface area contributed by atoms with Gasteiger partial charge in [0.25, 0.3) is 5.91 Å². The molecule has 1 amide bonds. The van der Waals surface area contributed by atoms with E-state index < -0.39 is 0 Å². The third kappa shape index (κ3) is 4.17. The highest BCUT2D eigenvalue weighted by atomic mass is 35.5. The van der Waals surface area contributed by atoms with E-state index in [2.05, 4.69) is 15.5 Å². The van der Waals surface area contributed by atoms with Gasteiger partial charge in [0, 0.05) is 16.5 Å². The van der Waals surface area contributed by atoms with Crippen molar-refractivity contribution in [3.8, 4) is 11.5 Å². The molecule has 0 saturated carbocycles. The van der Waals surface area contributed by atoms with Crippen molar-refractivity contribution < 1.29 is 14.3 Å². The zero-order valence-electron chi connectivity index (χ0n) is 15.1. The molecule has 7 heteroatoms. The van der Waals surface area contributed by atoms with Crippen molar-refractivity contribution in [2.45, 2.75) is 6.92 Å². The summed E-state index contributed by atoms with van der Waals surface area (Å²) < 4.78 is 10.4. The molecule has 0 unspecified atom stereocenters. The lowest BCUT2D eigenvalue weighted by Gasteiger charge is -2.08. The number of benzene rings is 2. The van der Waals surface area contributed by atoms with E-state index in [1.807, 2.05) is 31.2 Å². The van der Waals surface area contributed by atoms with Gasteiger partial charge in [0.1, 0.15) is 5.15 Å². The van der Waals surface area contributed by atoms with E-state index in [4.69, 9.17) is 21.1 Å². The number of hydrogen-bond donors (Lipinski definition) is 1. The smallest absolute Gasteiger partial charge is 0.271 e. The topological polar surface area (TPSA) is 72.8 Å². The predicted octanol–water partition coefficient (Wildman–Crippen LogP) is 3.98. The van der Waals surface area contributed by atoms with Crippen molar-refractivity contribution in [1.29, 1.82) is 0 Å². The van der Waals surface area contributed by atoms with Gasteiger partial charge in [-0.05, 0) is 42.8 Å². The van der Waals surface area contributed by atoms with Crippen molar-refractivity contribution in [2.24, 2.45) is 5.10 Å². The van der Waals surface area contributed by atoms with Crippen LogP contribution in [0, 0.1) is 6.92 Å². The van der Waals surface area contributed by atoms with Crippen LogP contribution in [0.25, 0.3) is 10.9 Å². The molecule has 138 valence electrons. The van der Waals surface area contributed by atoms with Crippen LogP contribution in [0.1, 0.15) is 21.5 Å². The minimum Gasteiger partial charge on any atom is -0.493 e. The van der Waals surface area contributed by atoms with Crippen molar-refractivity contribution in [1.82, 2.24) is 10.4 Å². The fourth-order valence-corrected chi connectivity index (χ4v) is 2.76. The van der Waals surface area contributed by atoms with Crippen LogP contribution in [0.4, 0.5) is 0 Å². The fourth-order valence-electron chi connectivity index (χ4n) is 2.56. The minimum atomic E-state index is -0.382. The molecule has 6 nitrogen and oxygen atoms in total. The molecule has 0 fully saturated rings. The summed E-state index contributed by atoms with van der Waals surface area (Å²) in [6.45, 7) is 1.99. The number of amides is 1. The maximum absolute atomic E-state index is 12.3. The van der Waals surface area contributed by atoms with Gasteiger partial charge in [0.05, 0.1) is 26.0 Å². The first-order chi connectivity index (χ1) is 13.0. The molecule has 3 rings (SSSR count). The van der Waals surface area contributed by atoms with E-state index in [1.165, 1.54) is 20.4 Å². The molecule has 0 spiro atoms. The number of nitrogens with one attached hydrogen (secondary N) is 1. The maximum Gasteiger partial charge on any atom is 0.271 e. The minimum absolute atomic E-state index is 0.317. The summed E-state index contributed by atoms with van der Waals surface area (Å²) in [7, 11) is 3.04. The van der Waals surface area contributed by atoms with Crippen LogP contribution in [0.5, 0.6) is 11.5 Å². The molecular weight excluding hydrogens is 366 g/mol. The van der Waals surface area contributed by atoms with Gasteiger partial charge in [-0.25, -0.2) is 10.4 Å². The molecule has 0 radical (unpaired) electrons. The summed E-state index contributed by atoms with van der Waals surface area (Å²) in [5, 5.41) is 5.24. The Hall–Kier alpha value is -3.12. The Labute approximate surface area is 161 Å². The highest BCUT2D eigenvalue weighted by Crippen LogP contribution is 2.27. The second-order valence-corrected chi connectivity index (χ2v) is 6.19. The number of rotatable bonds is 5. The third-order valence-corrected chi connectivity index (χ3v) is 4.27. The number of carbonyl (C=O) groups is 1. The number of methoxy groups -OCH3 is 2. The van der Waals surface area contributed by atoms with Gasteiger partial charge in [0.2, 0.25) is 0 Å². The summed E-state index contributed by atoms with van der Waals surface area (Å²) in [5.74, 6) is 0.626. The van der Waals surface area contributed by atoms with Gasteiger partial charge < -0.3 is 9.47 Å². The number of ether oxygens (including phenoxy) is 2. The SMILES string of the molecule is COc1ccc(C(=O)N/N=C\c2cc3ccc(C)cc3nc2Cl)cc1OC. The maximum atomic E-state index is 12.3. The summed E-state index contributed by atoms with van der Waals surface area (Å²) in [6, 6.07) is 12.7. The van der Waals surface area contributed by atoms with Crippen LogP contribution in [-0.4, -0.2) is 31.3 Å². The molecule has 0 aliphatic heterocycles. The molecule has 1 N–H and O–H groups in total. The lowest BCUT2D eigenvalue weighted by Crippen LogP contribution is -2.17. The predicted molar refractivity (Wildman–Crippen MR) is 106 cm³/mol. The van der Waals surface area contributed by atoms with Crippen molar-refractivity contribution in [2.75, 3.05) is 14.2 Å². The molecule has 3 aromatic rings. The highest BCUT2D eigenvalue weighted by Gasteiger charge is 2.10. The molecule has 1 heterocycles. The number of hydrazone groups is 1. The Morgan fingerprint density at radius 1 is 1.11 bits per heavy atom. The zero-order chi connectivity index (χ0) is 19.4. The number of pyridine rings is 1. The normalized spacial score (nSPS) is 11.0. The molecule has 0 aliphatic carbocycles. The van der Waals surface area contributed by atoms with Crippen molar-refractivity contribution in [3.05, 3.63) is 64.3 Å². The summed E-state index contributed by atoms with van der Waals surface area (Å²) in [6.07, 6.45) is 1.47. The van der Waals surface area contributed by atoms with Crippen LogP contribution in [-0.2, 0) is 0 Å². The summed E-state index contributed by atoms with van der Waals surface area (Å²) in [4.78, 5) is 16.6. The van der Waals surface area contributed by atoms with Crippen LogP contribution < -0.4 is 14.9 Å². The van der Waals surface area contributed by atoms with Gasteiger partial charge >= 0.3 is 0 Å². The number of carbonyl (C=O) groups excluding carboxylic acids is 1. The zero-order valence-corrected chi connectivity index (χ0v) is 15.9. The molecule has 27 heavy (non-hydrogen) atoms. The van der Waals surface area contributed by atoms with Crippen molar-refractivity contribution in [3.63, 3.8) is 0 Å². The molecule has 0 atom stereocenters. The molecule has 2 aromatic carbocycles. The van der Waals surface area contributed by atoms with E-state index in [-0.39, 0.29) is 5.91 Å². The number of aryl methyl sites for hydroxylation is 1. The van der Waals surface area contributed by atoms with E-state index in [0.717, 1.165) is 16.5 Å². The molecule has 1 aromatic heterocycles. The van der Waals surface area contributed by atoms with E-state index >= 15 is 0 Å². The van der Waals surface area contributed by atoms with Gasteiger partial charge in [-0.15, -0.1) is 0 Å². The highest BCUT2D eigenvalue weighted by molar-refractivity contribution is 6.32. The largest absolute Gasteiger partial charge is 0.493 e. The Morgan fingerprint density at radius 3 is 2.63 bits per heavy atom. The second kappa shape index (κ2) is 8.05. The van der Waals surface area contributed by atoms with E-state index in [1.54, 1.807) is 18.2 Å². The van der Waals surface area contributed by atoms with Gasteiger partial charge in [-0.2, -0.15) is 5.10 Å². The lowest BCUT2D eigenvalue weighted by atomic mass is 10.1. The van der Waals surface area contributed by atoms with Crippen LogP contribution in [0.2, 0.25) is 5.15 Å². The van der Waals surface area contributed by atoms with Crippen molar-refractivity contribution >= 4 is 34.6 Å². The van der Waals surface area contributed by atoms with Crippen LogP contribution in [0.3, 0.4) is 0 Å². The van der Waals surface area contributed by atoms with Crippen LogP contribution in [0.15, 0.2) is 47.6 Å². The quantitative estimate of drug-likeness (QED) is 0.411. The van der Waals surface area contributed by atoms with E-state index in [9.17, 15) is 4.79 Å². The summed E-state index contributed by atoms with van der Waals surface area (Å²) >= 11 is 6.22. The molecular formula is C20H18ClN3O3. The monoisotopic (exact) mass is 383 g/mol. The number of hydrogen-bond acceptors (Lipinski definition) is 5. The summed E-state index contributed by atoms with van der Waals surface area (Å²) in [5.41, 5.74) is 5.39. The molecule has 0 saturated heterocycles. The Morgan fingerprint density at radius 2 is 1.89 bits per heavy atom. The molecule has 0 bridgehead atoms. The van der Waals surface area contributed by atoms with Gasteiger partial charge in [-0.1, -0.05) is 23.7 Å². The first-order valence-electron chi connectivity index (χ1n) is 8.14. The van der Waals surface area contributed by atoms with Gasteiger partial charge in [-0.3, -0.25) is 4.79 Å². The Bertz CT molecular complexity index is 1030. The lowest BCUT2D eigenvalue weighted by molar-refractivity contribution is 0.0954. The third-order valence-electron chi connectivity index (χ3n) is 3.97. The number of nitrogens with zero attached hydrogens (tertiary/aromatic N) is 2. The van der Waals surface area contributed by atoms with Crippen LogP contribution >= 0.6 is 11.6 Å². The average Bonchev–Trinajstić information content (AvgIpc) is 2.67. The first-order valence-corrected chi connectivity index (χ1v) is 8.52. The second-order valence-electron chi connectivity index (χ2n) is 5.83. The number of aromatic nitrogens is 1. The fraction of sp³-hybridized carbons (Fsp3) is 0.150. The van der Waals surface area contributed by atoms with Gasteiger partial charge in [0.15, 0.2) is 11.5 Å². The standard InChI is InChI=1S/C20H18ClN3O3/c1-12-4-5-13-9-15(19(21)23-16(13)8-12)11-22-24-20(25)14-6-7-17(26-2)18(10-14)27-3/h4-11H,1-3H3,(H,24,25)/b22-11-. The average molecular weight is 384 g/mol. The van der Waals surface area contributed by atoms with E-state index in [0.29, 0.717) is 27.8 Å². The number of fused-ring (bicyclic) bond motifs is 1.